The van der Waals surface area contributed by atoms with Gasteiger partial charge in [-0.25, -0.2) is 4.39 Å². The van der Waals surface area contributed by atoms with Gasteiger partial charge in [-0.15, -0.1) is 0 Å². The van der Waals surface area contributed by atoms with Gasteiger partial charge in [-0.2, -0.15) is 0 Å². The second-order valence-electron chi connectivity index (χ2n) is 3.28. The summed E-state index contributed by atoms with van der Waals surface area (Å²) in [6.45, 7) is 5.43. The molecule has 4 heteroatoms. The summed E-state index contributed by atoms with van der Waals surface area (Å²) < 4.78 is 18.2. The van der Waals surface area contributed by atoms with Crippen LogP contribution in [0.2, 0.25) is 0 Å². The van der Waals surface area contributed by atoms with Crippen LogP contribution in [-0.4, -0.2) is 6.61 Å². The molecule has 2 N–H and O–H groups in total. The molecule has 0 aliphatic carbocycles. The van der Waals surface area contributed by atoms with E-state index in [-0.39, 0.29) is 18.5 Å². The molecule has 0 saturated carbocycles. The van der Waals surface area contributed by atoms with Gasteiger partial charge in [0.15, 0.2) is 0 Å². The van der Waals surface area contributed by atoms with Crippen LogP contribution >= 0.6 is 11.6 Å². The Hall–Kier alpha value is -1.06. The third-order valence-corrected chi connectivity index (χ3v) is 1.96. The Bertz CT molecular complexity index is 366. The van der Waals surface area contributed by atoms with Gasteiger partial charge in [0, 0.05) is 22.7 Å². The molecular weight excluding hydrogens is 217 g/mol. The van der Waals surface area contributed by atoms with Crippen LogP contribution in [0.3, 0.4) is 0 Å². The highest BCUT2D eigenvalue weighted by Crippen LogP contribution is 2.25. The lowest BCUT2D eigenvalue weighted by Gasteiger charge is -2.13. The van der Waals surface area contributed by atoms with Crippen LogP contribution in [0.25, 0.3) is 0 Å². The Labute approximate surface area is 93.5 Å². The standard InChI is InChI=1S/C11H13ClFNO/c1-7(12)6-15-11-5-9(13)3-4-10(11)8(2)14/h3-5,8H,1,6,14H2,2H3/t8-/m0/s1. The first-order chi connectivity index (χ1) is 7.00. The summed E-state index contributed by atoms with van der Waals surface area (Å²) in [5.74, 6) is 0.0429. The topological polar surface area (TPSA) is 35.2 Å². The number of rotatable bonds is 4. The number of hydrogen-bond donors (Lipinski definition) is 1. The molecule has 0 radical (unpaired) electrons. The lowest BCUT2D eigenvalue weighted by molar-refractivity contribution is 0.351. The second-order valence-corrected chi connectivity index (χ2v) is 3.81. The van der Waals surface area contributed by atoms with Crippen molar-refractivity contribution in [1.29, 1.82) is 0 Å². The van der Waals surface area contributed by atoms with E-state index in [2.05, 4.69) is 6.58 Å². The van der Waals surface area contributed by atoms with Crippen molar-refractivity contribution < 1.29 is 9.13 Å². The van der Waals surface area contributed by atoms with Crippen molar-refractivity contribution in [3.63, 3.8) is 0 Å². The van der Waals surface area contributed by atoms with Crippen molar-refractivity contribution in [3.05, 3.63) is 41.2 Å². The van der Waals surface area contributed by atoms with E-state index in [1.165, 1.54) is 12.1 Å². The summed E-state index contributed by atoms with van der Waals surface area (Å²) in [7, 11) is 0. The normalized spacial score (nSPS) is 12.3. The van der Waals surface area contributed by atoms with Gasteiger partial charge in [0.25, 0.3) is 0 Å². The lowest BCUT2D eigenvalue weighted by Crippen LogP contribution is -2.09. The Balaban J connectivity index is 2.91. The van der Waals surface area contributed by atoms with Gasteiger partial charge in [0.2, 0.25) is 0 Å². The molecule has 82 valence electrons. The Kier molecular flexibility index (Phi) is 4.12. The number of benzene rings is 1. The fourth-order valence-electron chi connectivity index (χ4n) is 1.17. The van der Waals surface area contributed by atoms with Gasteiger partial charge in [-0.3, -0.25) is 0 Å². The minimum absolute atomic E-state index is 0.144. The molecule has 0 aromatic heterocycles. The SMILES string of the molecule is C=C(Cl)COc1cc(F)ccc1[C@H](C)N. The number of hydrogen-bond acceptors (Lipinski definition) is 2. The van der Waals surface area contributed by atoms with Crippen LogP contribution in [0, 0.1) is 5.82 Å². The van der Waals surface area contributed by atoms with Gasteiger partial charge in [0.1, 0.15) is 18.2 Å². The zero-order valence-electron chi connectivity index (χ0n) is 8.47. The molecule has 0 saturated heterocycles. The molecule has 0 aliphatic rings. The Morgan fingerprint density at radius 2 is 2.33 bits per heavy atom. The summed E-state index contributed by atoms with van der Waals surface area (Å²) in [5.41, 5.74) is 6.46. The van der Waals surface area contributed by atoms with E-state index in [4.69, 9.17) is 22.1 Å². The fraction of sp³-hybridized carbons (Fsp3) is 0.273. The summed E-state index contributed by atoms with van der Waals surface area (Å²) in [5, 5.41) is 0.356. The molecule has 0 spiro atoms. The predicted molar refractivity (Wildman–Crippen MR) is 59.5 cm³/mol. The molecular formula is C11H13ClFNO. The van der Waals surface area contributed by atoms with Crippen LogP contribution in [0.1, 0.15) is 18.5 Å². The third kappa shape index (κ3) is 3.53. The van der Waals surface area contributed by atoms with Crippen LogP contribution in [0.4, 0.5) is 4.39 Å². The van der Waals surface area contributed by atoms with Gasteiger partial charge in [-0.1, -0.05) is 24.2 Å². The van der Waals surface area contributed by atoms with Gasteiger partial charge < -0.3 is 10.5 Å². The van der Waals surface area contributed by atoms with Crippen LogP contribution in [-0.2, 0) is 0 Å². The molecule has 1 aromatic carbocycles. The van der Waals surface area contributed by atoms with E-state index in [0.717, 1.165) is 5.56 Å². The number of halogens is 2. The smallest absolute Gasteiger partial charge is 0.127 e. The number of ether oxygens (including phenoxy) is 1. The molecule has 1 rings (SSSR count). The van der Waals surface area contributed by atoms with E-state index < -0.39 is 0 Å². The minimum atomic E-state index is -0.366. The highest BCUT2D eigenvalue weighted by atomic mass is 35.5. The molecule has 0 heterocycles. The summed E-state index contributed by atoms with van der Waals surface area (Å²) >= 11 is 5.55. The molecule has 0 amide bonds. The van der Waals surface area contributed by atoms with Gasteiger partial charge >= 0.3 is 0 Å². The lowest BCUT2D eigenvalue weighted by atomic mass is 10.1. The minimum Gasteiger partial charge on any atom is -0.488 e. The predicted octanol–water partition coefficient (Wildman–Crippen LogP) is 2.98. The highest BCUT2D eigenvalue weighted by molar-refractivity contribution is 6.29. The van der Waals surface area contributed by atoms with Crippen LogP contribution < -0.4 is 10.5 Å². The van der Waals surface area contributed by atoms with E-state index in [0.29, 0.717) is 10.8 Å². The monoisotopic (exact) mass is 229 g/mol. The molecule has 2 nitrogen and oxygen atoms in total. The molecule has 1 aromatic rings. The maximum absolute atomic E-state index is 13.0. The van der Waals surface area contributed by atoms with Crippen molar-refractivity contribution in [3.8, 4) is 5.75 Å². The van der Waals surface area contributed by atoms with Crippen LogP contribution in [0.15, 0.2) is 29.8 Å². The summed E-state index contributed by atoms with van der Waals surface area (Å²) in [6, 6.07) is 4.02. The molecule has 0 aliphatic heterocycles. The highest BCUT2D eigenvalue weighted by Gasteiger charge is 2.09. The maximum Gasteiger partial charge on any atom is 0.127 e. The first kappa shape index (κ1) is 12.0. The Morgan fingerprint density at radius 1 is 1.67 bits per heavy atom. The molecule has 15 heavy (non-hydrogen) atoms. The average Bonchev–Trinajstić information content (AvgIpc) is 2.14. The first-order valence-electron chi connectivity index (χ1n) is 4.52. The summed E-state index contributed by atoms with van der Waals surface area (Å²) in [4.78, 5) is 0. The largest absolute Gasteiger partial charge is 0.488 e. The zero-order valence-corrected chi connectivity index (χ0v) is 9.22. The number of nitrogens with two attached hydrogens (primary N) is 1. The first-order valence-corrected chi connectivity index (χ1v) is 4.89. The van der Waals surface area contributed by atoms with Crippen molar-refractivity contribution in [1.82, 2.24) is 0 Å². The van der Waals surface area contributed by atoms with Gasteiger partial charge in [0.05, 0.1) is 0 Å². The van der Waals surface area contributed by atoms with Crippen LogP contribution in [0.5, 0.6) is 5.75 Å². The van der Waals surface area contributed by atoms with Gasteiger partial charge in [-0.05, 0) is 13.0 Å². The van der Waals surface area contributed by atoms with Crippen molar-refractivity contribution in [2.75, 3.05) is 6.61 Å². The van der Waals surface area contributed by atoms with Crippen molar-refractivity contribution in [2.24, 2.45) is 5.73 Å². The van der Waals surface area contributed by atoms with Crippen molar-refractivity contribution in [2.45, 2.75) is 13.0 Å². The van der Waals surface area contributed by atoms with E-state index >= 15 is 0 Å². The molecule has 0 bridgehead atoms. The maximum atomic E-state index is 13.0. The molecule has 1 atom stereocenters. The summed E-state index contributed by atoms with van der Waals surface area (Å²) in [6.07, 6.45) is 0. The quantitative estimate of drug-likeness (QED) is 0.862. The fourth-order valence-corrected chi connectivity index (χ4v) is 1.22. The average molecular weight is 230 g/mol. The third-order valence-electron chi connectivity index (χ3n) is 1.85. The molecule has 0 unspecified atom stereocenters. The van der Waals surface area contributed by atoms with E-state index in [1.807, 2.05) is 0 Å². The van der Waals surface area contributed by atoms with E-state index in [1.54, 1.807) is 13.0 Å². The molecule has 0 fully saturated rings. The van der Waals surface area contributed by atoms with Crippen molar-refractivity contribution >= 4 is 11.6 Å². The second kappa shape index (κ2) is 5.14. The zero-order chi connectivity index (χ0) is 11.4. The Morgan fingerprint density at radius 3 is 2.87 bits per heavy atom. The van der Waals surface area contributed by atoms with E-state index in [9.17, 15) is 4.39 Å².